The van der Waals surface area contributed by atoms with Crippen LogP contribution in [0.5, 0.6) is 6.01 Å². The zero-order valence-electron chi connectivity index (χ0n) is 10.5. The van der Waals surface area contributed by atoms with Crippen LogP contribution in [0.15, 0.2) is 24.3 Å². The monoisotopic (exact) mass is 245 g/mol. The summed E-state index contributed by atoms with van der Waals surface area (Å²) >= 11 is 0. The molecule has 2 N–H and O–H groups in total. The molecule has 2 aromatic rings. The van der Waals surface area contributed by atoms with Crippen LogP contribution in [0.1, 0.15) is 19.3 Å². The molecule has 3 rings (SSSR count). The van der Waals surface area contributed by atoms with Crippen LogP contribution in [0.2, 0.25) is 0 Å². The molecule has 0 atom stereocenters. The number of piperidine rings is 1. The Balaban J connectivity index is 1.53. The average Bonchev–Trinajstić information content (AvgIpc) is 2.82. The van der Waals surface area contributed by atoms with Crippen molar-refractivity contribution in [1.82, 2.24) is 15.3 Å². The zero-order valence-corrected chi connectivity index (χ0v) is 10.5. The SMILES string of the molecule is c1ccc2[nH]c(OCCC3CCNCC3)nc2c1. The van der Waals surface area contributed by atoms with Crippen molar-refractivity contribution in [3.05, 3.63) is 24.3 Å². The van der Waals surface area contributed by atoms with Gasteiger partial charge in [0.15, 0.2) is 0 Å². The van der Waals surface area contributed by atoms with Gasteiger partial charge in [-0.3, -0.25) is 0 Å². The van der Waals surface area contributed by atoms with Crippen LogP contribution >= 0.6 is 0 Å². The molecule has 4 heteroatoms. The molecule has 4 nitrogen and oxygen atoms in total. The summed E-state index contributed by atoms with van der Waals surface area (Å²) in [5, 5.41) is 3.38. The number of ether oxygens (including phenoxy) is 1. The number of hydrogen-bond acceptors (Lipinski definition) is 3. The highest BCUT2D eigenvalue weighted by molar-refractivity contribution is 5.75. The molecule has 0 spiro atoms. The maximum absolute atomic E-state index is 5.71. The third-order valence-electron chi connectivity index (χ3n) is 3.59. The van der Waals surface area contributed by atoms with Gasteiger partial charge in [0.25, 0.3) is 6.01 Å². The van der Waals surface area contributed by atoms with E-state index in [-0.39, 0.29) is 0 Å². The Morgan fingerprint density at radius 3 is 2.89 bits per heavy atom. The number of aromatic nitrogens is 2. The molecule has 1 saturated heterocycles. The van der Waals surface area contributed by atoms with Crippen molar-refractivity contribution < 1.29 is 4.74 Å². The number of hydrogen-bond donors (Lipinski definition) is 2. The van der Waals surface area contributed by atoms with E-state index < -0.39 is 0 Å². The van der Waals surface area contributed by atoms with Crippen molar-refractivity contribution in [1.29, 1.82) is 0 Å². The van der Waals surface area contributed by atoms with E-state index in [4.69, 9.17) is 4.74 Å². The van der Waals surface area contributed by atoms with Crippen LogP contribution in [0.3, 0.4) is 0 Å². The molecule has 1 aromatic heterocycles. The summed E-state index contributed by atoms with van der Waals surface area (Å²) in [4.78, 5) is 7.59. The highest BCUT2D eigenvalue weighted by Crippen LogP contribution is 2.18. The Bertz CT molecular complexity index is 469. The Morgan fingerprint density at radius 1 is 1.22 bits per heavy atom. The first-order valence-electron chi connectivity index (χ1n) is 6.70. The van der Waals surface area contributed by atoms with E-state index in [2.05, 4.69) is 15.3 Å². The minimum atomic E-state index is 0.644. The van der Waals surface area contributed by atoms with Gasteiger partial charge in [0.05, 0.1) is 17.6 Å². The average molecular weight is 245 g/mol. The molecule has 0 unspecified atom stereocenters. The van der Waals surface area contributed by atoms with E-state index in [0.717, 1.165) is 43.1 Å². The molecule has 0 radical (unpaired) electrons. The van der Waals surface area contributed by atoms with E-state index in [1.54, 1.807) is 0 Å². The molecular formula is C14H19N3O. The zero-order chi connectivity index (χ0) is 12.2. The smallest absolute Gasteiger partial charge is 0.294 e. The van der Waals surface area contributed by atoms with Gasteiger partial charge in [-0.2, -0.15) is 4.98 Å². The van der Waals surface area contributed by atoms with Crippen molar-refractivity contribution in [3.8, 4) is 6.01 Å². The fourth-order valence-corrected chi connectivity index (χ4v) is 2.49. The van der Waals surface area contributed by atoms with Gasteiger partial charge < -0.3 is 15.0 Å². The van der Waals surface area contributed by atoms with Crippen LogP contribution in [0.25, 0.3) is 11.0 Å². The molecule has 1 aromatic carbocycles. The van der Waals surface area contributed by atoms with E-state index in [0.29, 0.717) is 6.01 Å². The summed E-state index contributed by atoms with van der Waals surface area (Å²) in [5.41, 5.74) is 2.00. The lowest BCUT2D eigenvalue weighted by molar-refractivity contribution is 0.240. The molecule has 1 aliphatic heterocycles. The summed E-state index contributed by atoms with van der Waals surface area (Å²) in [6.07, 6.45) is 3.66. The molecule has 1 fully saturated rings. The molecule has 96 valence electrons. The second kappa shape index (κ2) is 5.40. The Hall–Kier alpha value is -1.55. The minimum Gasteiger partial charge on any atom is -0.465 e. The number of aromatic amines is 1. The lowest BCUT2D eigenvalue weighted by Gasteiger charge is -2.22. The molecule has 0 bridgehead atoms. The number of para-hydroxylation sites is 2. The lowest BCUT2D eigenvalue weighted by atomic mass is 9.95. The van der Waals surface area contributed by atoms with Gasteiger partial charge in [0.1, 0.15) is 0 Å². The number of H-pyrrole nitrogens is 1. The summed E-state index contributed by atoms with van der Waals surface area (Å²) in [5.74, 6) is 0.802. The van der Waals surface area contributed by atoms with Crippen molar-refractivity contribution in [2.45, 2.75) is 19.3 Å². The Kier molecular flexibility index (Phi) is 3.46. The highest BCUT2D eigenvalue weighted by Gasteiger charge is 2.13. The van der Waals surface area contributed by atoms with Crippen molar-refractivity contribution in [2.24, 2.45) is 5.92 Å². The molecule has 0 saturated carbocycles. The summed E-state index contributed by atoms with van der Waals surface area (Å²) < 4.78 is 5.71. The maximum Gasteiger partial charge on any atom is 0.294 e. The fraction of sp³-hybridized carbons (Fsp3) is 0.500. The number of benzene rings is 1. The van der Waals surface area contributed by atoms with Crippen molar-refractivity contribution in [3.63, 3.8) is 0 Å². The van der Waals surface area contributed by atoms with Gasteiger partial charge >= 0.3 is 0 Å². The van der Waals surface area contributed by atoms with Crippen molar-refractivity contribution >= 4 is 11.0 Å². The Labute approximate surface area is 107 Å². The first-order valence-corrected chi connectivity index (χ1v) is 6.70. The fourth-order valence-electron chi connectivity index (χ4n) is 2.49. The number of rotatable bonds is 4. The van der Waals surface area contributed by atoms with Gasteiger partial charge in [-0.15, -0.1) is 0 Å². The predicted octanol–water partition coefficient (Wildman–Crippen LogP) is 2.33. The number of fused-ring (bicyclic) bond motifs is 1. The third-order valence-corrected chi connectivity index (χ3v) is 3.59. The summed E-state index contributed by atoms with van der Waals surface area (Å²) in [6.45, 7) is 3.05. The molecule has 2 heterocycles. The van der Waals surface area contributed by atoms with E-state index in [9.17, 15) is 0 Å². The van der Waals surface area contributed by atoms with Gasteiger partial charge in [0.2, 0.25) is 0 Å². The topological polar surface area (TPSA) is 49.9 Å². The van der Waals surface area contributed by atoms with E-state index in [1.165, 1.54) is 12.8 Å². The van der Waals surface area contributed by atoms with Crippen LogP contribution in [-0.2, 0) is 0 Å². The molecule has 18 heavy (non-hydrogen) atoms. The third kappa shape index (κ3) is 2.64. The van der Waals surface area contributed by atoms with E-state index >= 15 is 0 Å². The first kappa shape index (κ1) is 11.5. The van der Waals surface area contributed by atoms with Gasteiger partial charge in [-0.25, -0.2) is 0 Å². The molecular weight excluding hydrogens is 226 g/mol. The van der Waals surface area contributed by atoms with Crippen molar-refractivity contribution in [2.75, 3.05) is 19.7 Å². The summed E-state index contributed by atoms with van der Waals surface area (Å²) in [7, 11) is 0. The minimum absolute atomic E-state index is 0.644. The van der Waals surface area contributed by atoms with Gasteiger partial charge in [0, 0.05) is 0 Å². The number of nitrogens with one attached hydrogen (secondary N) is 2. The van der Waals surface area contributed by atoms with Crippen LogP contribution in [0, 0.1) is 5.92 Å². The predicted molar refractivity (Wildman–Crippen MR) is 71.8 cm³/mol. The maximum atomic E-state index is 5.71. The quantitative estimate of drug-likeness (QED) is 0.869. The second-order valence-corrected chi connectivity index (χ2v) is 4.89. The second-order valence-electron chi connectivity index (χ2n) is 4.89. The van der Waals surface area contributed by atoms with Gasteiger partial charge in [-0.1, -0.05) is 12.1 Å². The lowest BCUT2D eigenvalue weighted by Crippen LogP contribution is -2.28. The summed E-state index contributed by atoms with van der Waals surface area (Å²) in [6, 6.07) is 8.64. The number of imidazole rings is 1. The van der Waals surface area contributed by atoms with Crippen LogP contribution in [-0.4, -0.2) is 29.7 Å². The molecule has 0 aliphatic carbocycles. The first-order chi connectivity index (χ1) is 8.92. The number of nitrogens with zero attached hydrogens (tertiary/aromatic N) is 1. The Morgan fingerprint density at radius 2 is 2.06 bits per heavy atom. The van der Waals surface area contributed by atoms with Crippen LogP contribution < -0.4 is 10.1 Å². The normalized spacial score (nSPS) is 17.1. The standard InChI is InChI=1S/C14H19N3O/c1-2-4-13-12(3-1)16-14(17-13)18-10-7-11-5-8-15-9-6-11/h1-4,11,15H,5-10H2,(H,16,17). The molecule has 1 aliphatic rings. The molecule has 0 amide bonds. The van der Waals surface area contributed by atoms with E-state index in [1.807, 2.05) is 24.3 Å². The highest BCUT2D eigenvalue weighted by atomic mass is 16.5. The largest absolute Gasteiger partial charge is 0.465 e. The van der Waals surface area contributed by atoms with Gasteiger partial charge in [-0.05, 0) is 50.4 Å². The van der Waals surface area contributed by atoms with Crippen LogP contribution in [0.4, 0.5) is 0 Å².